The molecule has 0 aromatic heterocycles. The number of hydrogen-bond donors (Lipinski definition) is 3. The minimum atomic E-state index is -0.543. The second kappa shape index (κ2) is 8.59. The van der Waals surface area contributed by atoms with E-state index in [0.717, 1.165) is 32.2 Å². The topological polar surface area (TPSA) is 61.7 Å². The molecule has 118 valence electrons. The van der Waals surface area contributed by atoms with Gasteiger partial charge in [-0.25, -0.2) is 0 Å². The minimum Gasteiger partial charge on any atom is -0.491 e. The van der Waals surface area contributed by atoms with Gasteiger partial charge in [0, 0.05) is 11.6 Å². The number of nitrogens with one attached hydrogen (secondary N) is 1. The summed E-state index contributed by atoms with van der Waals surface area (Å²) in [5.41, 5.74) is 0. The molecule has 0 saturated heterocycles. The molecule has 1 fully saturated rings. The molecule has 1 aromatic carbocycles. The molecule has 1 atom stereocenters. The lowest BCUT2D eigenvalue weighted by atomic mass is 9.87. The van der Waals surface area contributed by atoms with E-state index in [1.165, 1.54) is 0 Å². The monoisotopic (exact) mass is 313 g/mol. The minimum absolute atomic E-state index is 0.113. The van der Waals surface area contributed by atoms with Crippen LogP contribution in [0.15, 0.2) is 24.3 Å². The molecule has 1 saturated carbocycles. The van der Waals surface area contributed by atoms with Gasteiger partial charge < -0.3 is 20.3 Å². The molecular formula is C16H24ClNO3. The van der Waals surface area contributed by atoms with Gasteiger partial charge in [-0.05, 0) is 56.3 Å². The fourth-order valence-electron chi connectivity index (χ4n) is 2.61. The van der Waals surface area contributed by atoms with Crippen molar-refractivity contribution in [1.82, 2.24) is 5.32 Å². The smallest absolute Gasteiger partial charge is 0.120 e. The van der Waals surface area contributed by atoms with Gasteiger partial charge in [0.1, 0.15) is 18.5 Å². The van der Waals surface area contributed by atoms with E-state index in [2.05, 4.69) is 5.32 Å². The van der Waals surface area contributed by atoms with Crippen molar-refractivity contribution in [2.24, 2.45) is 5.92 Å². The summed E-state index contributed by atoms with van der Waals surface area (Å²) < 4.78 is 5.50. The number of aliphatic hydroxyl groups excluding tert-OH is 2. The zero-order valence-corrected chi connectivity index (χ0v) is 12.9. The zero-order valence-electron chi connectivity index (χ0n) is 12.2. The number of halogens is 1. The first-order valence-electron chi connectivity index (χ1n) is 7.58. The third-order valence-corrected chi connectivity index (χ3v) is 4.10. The largest absolute Gasteiger partial charge is 0.491 e. The summed E-state index contributed by atoms with van der Waals surface area (Å²) in [6.45, 7) is 1.65. The van der Waals surface area contributed by atoms with E-state index < -0.39 is 6.10 Å². The fourth-order valence-corrected chi connectivity index (χ4v) is 2.79. The van der Waals surface area contributed by atoms with Crippen LogP contribution in [0.2, 0.25) is 5.02 Å². The SMILES string of the molecule is OC1CCC(CNCC(O)COc2cccc(Cl)c2)CC1. The highest BCUT2D eigenvalue weighted by molar-refractivity contribution is 6.30. The first kappa shape index (κ1) is 16.6. The van der Waals surface area contributed by atoms with Crippen LogP contribution < -0.4 is 10.1 Å². The van der Waals surface area contributed by atoms with Crippen molar-refractivity contribution in [2.45, 2.75) is 37.9 Å². The molecule has 3 N–H and O–H groups in total. The van der Waals surface area contributed by atoms with Crippen LogP contribution >= 0.6 is 11.6 Å². The van der Waals surface area contributed by atoms with Gasteiger partial charge in [0.15, 0.2) is 0 Å². The van der Waals surface area contributed by atoms with E-state index >= 15 is 0 Å². The molecule has 2 rings (SSSR count). The molecule has 5 heteroatoms. The van der Waals surface area contributed by atoms with Gasteiger partial charge in [0.05, 0.1) is 6.10 Å². The van der Waals surface area contributed by atoms with Crippen LogP contribution in [0.25, 0.3) is 0 Å². The van der Waals surface area contributed by atoms with E-state index in [0.29, 0.717) is 23.2 Å². The summed E-state index contributed by atoms with van der Waals surface area (Å²) in [5, 5.41) is 23.2. The van der Waals surface area contributed by atoms with Gasteiger partial charge in [-0.3, -0.25) is 0 Å². The predicted molar refractivity (Wildman–Crippen MR) is 83.8 cm³/mol. The lowest BCUT2D eigenvalue weighted by Gasteiger charge is -2.26. The normalized spacial score (nSPS) is 23.8. The summed E-state index contributed by atoms with van der Waals surface area (Å²) in [5.74, 6) is 1.28. The Kier molecular flexibility index (Phi) is 6.77. The molecule has 0 aliphatic heterocycles. The van der Waals surface area contributed by atoms with Gasteiger partial charge in [0.2, 0.25) is 0 Å². The first-order valence-corrected chi connectivity index (χ1v) is 7.96. The standard InChI is InChI=1S/C16H24ClNO3/c17-13-2-1-3-16(8-13)21-11-15(20)10-18-9-12-4-6-14(19)7-5-12/h1-3,8,12,14-15,18-20H,4-7,9-11H2. The lowest BCUT2D eigenvalue weighted by molar-refractivity contribution is 0.0953. The van der Waals surface area contributed by atoms with Crippen LogP contribution in [0.3, 0.4) is 0 Å². The van der Waals surface area contributed by atoms with Crippen LogP contribution in [0.1, 0.15) is 25.7 Å². The molecule has 0 bridgehead atoms. The Labute approximate surface area is 131 Å². The number of hydrogen-bond acceptors (Lipinski definition) is 4. The van der Waals surface area contributed by atoms with Crippen molar-refractivity contribution in [3.8, 4) is 5.75 Å². The van der Waals surface area contributed by atoms with E-state index in [4.69, 9.17) is 16.3 Å². The highest BCUT2D eigenvalue weighted by Gasteiger charge is 2.19. The van der Waals surface area contributed by atoms with Crippen LogP contribution in [-0.2, 0) is 0 Å². The van der Waals surface area contributed by atoms with Crippen molar-refractivity contribution < 1.29 is 14.9 Å². The van der Waals surface area contributed by atoms with Crippen molar-refractivity contribution >= 4 is 11.6 Å². The molecule has 1 unspecified atom stereocenters. The van der Waals surface area contributed by atoms with E-state index in [1.807, 2.05) is 12.1 Å². The van der Waals surface area contributed by atoms with Crippen molar-refractivity contribution in [3.05, 3.63) is 29.3 Å². The molecule has 0 radical (unpaired) electrons. The van der Waals surface area contributed by atoms with Gasteiger partial charge >= 0.3 is 0 Å². The van der Waals surface area contributed by atoms with Gasteiger partial charge in [-0.1, -0.05) is 17.7 Å². The van der Waals surface area contributed by atoms with Crippen molar-refractivity contribution in [3.63, 3.8) is 0 Å². The van der Waals surface area contributed by atoms with Gasteiger partial charge in [0.25, 0.3) is 0 Å². The number of aliphatic hydroxyl groups is 2. The Hall–Kier alpha value is -0.810. The highest BCUT2D eigenvalue weighted by Crippen LogP contribution is 2.23. The van der Waals surface area contributed by atoms with Crippen LogP contribution in [0, 0.1) is 5.92 Å². The summed E-state index contributed by atoms with van der Waals surface area (Å²) in [4.78, 5) is 0. The van der Waals surface area contributed by atoms with E-state index in [9.17, 15) is 10.2 Å². The Morgan fingerprint density at radius 1 is 1.29 bits per heavy atom. The van der Waals surface area contributed by atoms with E-state index in [1.54, 1.807) is 12.1 Å². The average molecular weight is 314 g/mol. The predicted octanol–water partition coefficient (Wildman–Crippen LogP) is 2.22. The maximum Gasteiger partial charge on any atom is 0.120 e. The average Bonchev–Trinajstić information content (AvgIpc) is 2.47. The van der Waals surface area contributed by atoms with Gasteiger partial charge in [-0.2, -0.15) is 0 Å². The molecule has 0 heterocycles. The number of benzene rings is 1. The summed E-state index contributed by atoms with van der Waals surface area (Å²) in [6.07, 6.45) is 3.25. The molecule has 0 spiro atoms. The third kappa shape index (κ3) is 6.22. The van der Waals surface area contributed by atoms with E-state index in [-0.39, 0.29) is 12.7 Å². The molecular weight excluding hydrogens is 290 g/mol. The van der Waals surface area contributed by atoms with Crippen molar-refractivity contribution in [1.29, 1.82) is 0 Å². The first-order chi connectivity index (χ1) is 10.1. The highest BCUT2D eigenvalue weighted by atomic mass is 35.5. The summed E-state index contributed by atoms with van der Waals surface area (Å²) >= 11 is 5.87. The fraction of sp³-hybridized carbons (Fsp3) is 0.625. The number of ether oxygens (including phenoxy) is 1. The second-order valence-corrected chi connectivity index (χ2v) is 6.19. The Balaban J connectivity index is 1.58. The molecule has 1 aliphatic rings. The quantitative estimate of drug-likeness (QED) is 0.722. The third-order valence-electron chi connectivity index (χ3n) is 3.87. The van der Waals surface area contributed by atoms with Crippen LogP contribution in [0.5, 0.6) is 5.75 Å². The van der Waals surface area contributed by atoms with Gasteiger partial charge in [-0.15, -0.1) is 0 Å². The van der Waals surface area contributed by atoms with Crippen LogP contribution in [-0.4, -0.2) is 42.1 Å². The Bertz CT molecular complexity index is 422. The molecule has 4 nitrogen and oxygen atoms in total. The zero-order chi connectivity index (χ0) is 15.1. The Morgan fingerprint density at radius 2 is 2.05 bits per heavy atom. The maximum absolute atomic E-state index is 9.89. The molecule has 1 aromatic rings. The molecule has 1 aliphatic carbocycles. The Morgan fingerprint density at radius 3 is 2.76 bits per heavy atom. The van der Waals surface area contributed by atoms with Crippen molar-refractivity contribution in [2.75, 3.05) is 19.7 Å². The second-order valence-electron chi connectivity index (χ2n) is 5.75. The maximum atomic E-state index is 9.89. The summed E-state index contributed by atoms with van der Waals surface area (Å²) in [6, 6.07) is 7.15. The summed E-state index contributed by atoms with van der Waals surface area (Å²) in [7, 11) is 0. The lowest BCUT2D eigenvalue weighted by Crippen LogP contribution is -2.35. The van der Waals surface area contributed by atoms with Crippen LogP contribution in [0.4, 0.5) is 0 Å². The molecule has 0 amide bonds. The number of rotatable bonds is 7. The molecule has 21 heavy (non-hydrogen) atoms.